The number of ether oxygens (including phenoxy) is 1. The minimum Gasteiger partial charge on any atom is -0.487 e. The smallest absolute Gasteiger partial charge is 0.130 e. The summed E-state index contributed by atoms with van der Waals surface area (Å²) in [6, 6.07) is 21.0. The van der Waals surface area contributed by atoms with Gasteiger partial charge in [-0.15, -0.1) is 35.9 Å². The SMILES string of the molecule is CCCCCSC(SCCCCC)c1ccccc1OCc1ccc2ccccc2n1.Cl. The third kappa shape index (κ3) is 8.53. The van der Waals surface area contributed by atoms with Gasteiger partial charge >= 0.3 is 0 Å². The van der Waals surface area contributed by atoms with Crippen molar-refractivity contribution in [3.8, 4) is 5.75 Å². The molecule has 0 aliphatic rings. The maximum Gasteiger partial charge on any atom is 0.130 e. The van der Waals surface area contributed by atoms with Crippen LogP contribution in [0.15, 0.2) is 60.7 Å². The van der Waals surface area contributed by atoms with Gasteiger partial charge in [0.2, 0.25) is 0 Å². The zero-order valence-corrected chi connectivity index (χ0v) is 21.7. The van der Waals surface area contributed by atoms with E-state index >= 15 is 0 Å². The van der Waals surface area contributed by atoms with Crippen molar-refractivity contribution >= 4 is 46.8 Å². The second-order valence-corrected chi connectivity index (χ2v) is 10.5. The van der Waals surface area contributed by atoms with Crippen LogP contribution in [0.25, 0.3) is 10.9 Å². The number of nitrogens with zero attached hydrogens (tertiary/aromatic N) is 1. The second-order valence-electron chi connectivity index (χ2n) is 7.81. The molecule has 2 nitrogen and oxygen atoms in total. The molecule has 0 bridgehead atoms. The number of aromatic nitrogens is 1. The largest absolute Gasteiger partial charge is 0.487 e. The van der Waals surface area contributed by atoms with Gasteiger partial charge in [-0.05, 0) is 42.5 Å². The van der Waals surface area contributed by atoms with Crippen LogP contribution in [0.3, 0.4) is 0 Å². The van der Waals surface area contributed by atoms with Crippen molar-refractivity contribution in [2.45, 2.75) is 63.6 Å². The fourth-order valence-corrected chi connectivity index (χ4v) is 6.34. The molecule has 0 aliphatic heterocycles. The number of fused-ring (bicyclic) bond motifs is 1. The summed E-state index contributed by atoms with van der Waals surface area (Å²) in [5.41, 5.74) is 3.30. The summed E-state index contributed by atoms with van der Waals surface area (Å²) in [7, 11) is 0. The zero-order valence-electron chi connectivity index (χ0n) is 19.3. The molecule has 0 unspecified atom stereocenters. The highest BCUT2D eigenvalue weighted by Gasteiger charge is 2.17. The maximum absolute atomic E-state index is 6.32. The first-order valence-corrected chi connectivity index (χ1v) is 13.7. The Hall–Kier alpha value is -1.36. The molecule has 0 saturated heterocycles. The molecular formula is C27H36ClNOS2. The number of rotatable bonds is 14. The number of hydrogen-bond donors (Lipinski definition) is 0. The molecule has 0 radical (unpaired) electrons. The lowest BCUT2D eigenvalue weighted by Crippen LogP contribution is -2.02. The minimum atomic E-state index is 0. The van der Waals surface area contributed by atoms with Gasteiger partial charge in [0, 0.05) is 10.9 Å². The Morgan fingerprint density at radius 2 is 1.44 bits per heavy atom. The highest BCUT2D eigenvalue weighted by atomic mass is 35.5. The van der Waals surface area contributed by atoms with Crippen LogP contribution in [-0.4, -0.2) is 16.5 Å². The Balaban J connectivity index is 0.00000363. The van der Waals surface area contributed by atoms with Crippen LogP contribution < -0.4 is 4.74 Å². The number of benzene rings is 2. The molecule has 1 aromatic heterocycles. The number of halogens is 1. The predicted octanol–water partition coefficient (Wildman–Crippen LogP) is 9.08. The summed E-state index contributed by atoms with van der Waals surface area (Å²) < 4.78 is 6.74. The molecule has 0 fully saturated rings. The summed E-state index contributed by atoms with van der Waals surface area (Å²) in [6.45, 7) is 5.03. The number of thioether (sulfide) groups is 2. The van der Waals surface area contributed by atoms with Gasteiger partial charge in [-0.1, -0.05) is 82.0 Å². The molecule has 2 aromatic carbocycles. The molecule has 0 spiro atoms. The van der Waals surface area contributed by atoms with Gasteiger partial charge in [-0.25, -0.2) is 4.98 Å². The first-order valence-electron chi connectivity index (χ1n) is 11.6. The van der Waals surface area contributed by atoms with E-state index in [1.165, 1.54) is 61.0 Å². The Morgan fingerprint density at radius 3 is 2.16 bits per heavy atom. The van der Waals surface area contributed by atoms with E-state index in [2.05, 4.69) is 85.9 Å². The summed E-state index contributed by atoms with van der Waals surface area (Å²) in [4.78, 5) is 4.77. The van der Waals surface area contributed by atoms with Crippen molar-refractivity contribution in [1.29, 1.82) is 0 Å². The molecule has 174 valence electrons. The van der Waals surface area contributed by atoms with Crippen LogP contribution in [-0.2, 0) is 6.61 Å². The van der Waals surface area contributed by atoms with Gasteiger partial charge in [-0.3, -0.25) is 0 Å². The van der Waals surface area contributed by atoms with Gasteiger partial charge in [0.1, 0.15) is 12.4 Å². The van der Waals surface area contributed by atoms with E-state index in [9.17, 15) is 0 Å². The lowest BCUT2D eigenvalue weighted by molar-refractivity contribution is 0.299. The predicted molar refractivity (Wildman–Crippen MR) is 146 cm³/mol. The number of para-hydroxylation sites is 2. The van der Waals surface area contributed by atoms with E-state index in [0.29, 0.717) is 11.2 Å². The molecule has 32 heavy (non-hydrogen) atoms. The van der Waals surface area contributed by atoms with Crippen LogP contribution in [0.1, 0.15) is 68.2 Å². The quantitative estimate of drug-likeness (QED) is 0.166. The summed E-state index contributed by atoms with van der Waals surface area (Å²) in [5.74, 6) is 3.41. The van der Waals surface area contributed by atoms with Crippen molar-refractivity contribution in [3.63, 3.8) is 0 Å². The fourth-order valence-electron chi connectivity index (χ4n) is 3.46. The van der Waals surface area contributed by atoms with E-state index in [0.717, 1.165) is 17.0 Å². The summed E-state index contributed by atoms with van der Waals surface area (Å²) in [5, 5.41) is 1.17. The van der Waals surface area contributed by atoms with E-state index in [1.807, 2.05) is 12.1 Å². The molecule has 0 atom stereocenters. The monoisotopic (exact) mass is 489 g/mol. The van der Waals surface area contributed by atoms with E-state index in [4.69, 9.17) is 9.72 Å². The highest BCUT2D eigenvalue weighted by Crippen LogP contribution is 2.44. The van der Waals surface area contributed by atoms with E-state index < -0.39 is 0 Å². The highest BCUT2D eigenvalue weighted by molar-refractivity contribution is 8.16. The Morgan fingerprint density at radius 1 is 0.781 bits per heavy atom. The zero-order chi connectivity index (χ0) is 21.7. The molecule has 1 heterocycles. The normalized spacial score (nSPS) is 11.0. The van der Waals surface area contributed by atoms with Crippen molar-refractivity contribution in [3.05, 3.63) is 71.9 Å². The van der Waals surface area contributed by atoms with Crippen molar-refractivity contribution in [1.82, 2.24) is 4.98 Å². The first kappa shape index (κ1) is 26.9. The van der Waals surface area contributed by atoms with Crippen molar-refractivity contribution in [2.24, 2.45) is 0 Å². The van der Waals surface area contributed by atoms with Crippen LogP contribution >= 0.6 is 35.9 Å². The maximum atomic E-state index is 6.32. The summed E-state index contributed by atoms with van der Waals surface area (Å²) in [6.07, 6.45) is 7.74. The standard InChI is InChI=1S/C27H35NOS2.ClH/c1-3-5-11-19-30-27(31-20-12-6-4-2)24-14-8-10-16-26(24)29-21-23-18-17-22-13-7-9-15-25(22)28-23;/h7-10,13-18,27H,3-6,11-12,19-21H2,1-2H3;1H. The molecule has 0 N–H and O–H groups in total. The van der Waals surface area contributed by atoms with Gasteiger partial charge in [0.05, 0.1) is 15.8 Å². The Bertz CT molecular complexity index is 909. The van der Waals surface area contributed by atoms with Gasteiger partial charge < -0.3 is 4.74 Å². The van der Waals surface area contributed by atoms with E-state index in [1.54, 1.807) is 0 Å². The average Bonchev–Trinajstić information content (AvgIpc) is 2.82. The average molecular weight is 490 g/mol. The summed E-state index contributed by atoms with van der Waals surface area (Å²) >= 11 is 4.16. The van der Waals surface area contributed by atoms with Gasteiger partial charge in [0.15, 0.2) is 0 Å². The third-order valence-electron chi connectivity index (χ3n) is 5.24. The van der Waals surface area contributed by atoms with Gasteiger partial charge in [-0.2, -0.15) is 0 Å². The molecular weight excluding hydrogens is 454 g/mol. The molecule has 0 amide bonds. The molecule has 5 heteroatoms. The fraction of sp³-hybridized carbons (Fsp3) is 0.444. The minimum absolute atomic E-state index is 0. The van der Waals surface area contributed by atoms with Crippen LogP contribution in [0.4, 0.5) is 0 Å². The number of unbranched alkanes of at least 4 members (excludes halogenated alkanes) is 4. The lowest BCUT2D eigenvalue weighted by atomic mass is 10.2. The number of hydrogen-bond acceptors (Lipinski definition) is 4. The van der Waals surface area contributed by atoms with Crippen LogP contribution in [0, 0.1) is 0 Å². The Labute approximate surface area is 208 Å². The molecule has 3 rings (SSSR count). The number of pyridine rings is 1. The van der Waals surface area contributed by atoms with Crippen molar-refractivity contribution in [2.75, 3.05) is 11.5 Å². The topological polar surface area (TPSA) is 22.1 Å². The molecule has 0 saturated carbocycles. The lowest BCUT2D eigenvalue weighted by Gasteiger charge is -2.20. The second kappa shape index (κ2) is 15.5. The third-order valence-corrected chi connectivity index (χ3v) is 8.22. The van der Waals surface area contributed by atoms with Crippen molar-refractivity contribution < 1.29 is 4.74 Å². The molecule has 3 aromatic rings. The van der Waals surface area contributed by atoms with Crippen LogP contribution in [0.2, 0.25) is 0 Å². The van der Waals surface area contributed by atoms with E-state index in [-0.39, 0.29) is 12.4 Å². The van der Waals surface area contributed by atoms with Gasteiger partial charge in [0.25, 0.3) is 0 Å². The first-order chi connectivity index (χ1) is 15.3. The van der Waals surface area contributed by atoms with Crippen LogP contribution in [0.5, 0.6) is 5.75 Å². The molecule has 0 aliphatic carbocycles. The Kier molecular flexibility index (Phi) is 13.0.